The SMILES string of the molecule is CN(C)CCNC(=O)c1ccc(-c2nc3ccc(-c4ccc5nc(-c6ccc(C(=O)NCc7cn(CCCNCC(=O)N8CCC[C@H]8C(=O)N8CCC[C@H]8C(=O)N8CCCC8C(=O)N8CCC[C@H]8C(=O)N(CCCn8cc(CNC(=O)c9ccc(-c%10nc%11ccc(-c%12ccc%13nc(-c%14ccc(C(=O)NCCN(C)C)cc%14)[nH]c%13c%12)cc%11[nH]%10)cc9)nn8)CC(N)=O)nn7)cc6)[nH]c5c4)cc3[nH]2)cc1. The van der Waals surface area contributed by atoms with E-state index in [1.807, 2.05) is 135 Å². The maximum Gasteiger partial charge on any atom is 0.251 e. The van der Waals surface area contributed by atoms with Gasteiger partial charge in [0.25, 0.3) is 23.6 Å². The summed E-state index contributed by atoms with van der Waals surface area (Å²) in [7, 11) is 7.85. The van der Waals surface area contributed by atoms with Crippen LogP contribution in [0.2, 0.25) is 0 Å². The van der Waals surface area contributed by atoms with Crippen LogP contribution in [-0.2, 0) is 54.9 Å². The Morgan fingerprint density at radius 1 is 0.380 bits per heavy atom. The molecule has 4 atom stereocenters. The molecule has 0 spiro atoms. The zero-order chi connectivity index (χ0) is 94.9. The highest BCUT2D eigenvalue weighted by Gasteiger charge is 2.48. The molecule has 8 aromatic carbocycles. The van der Waals surface area contributed by atoms with Gasteiger partial charge in [-0.1, -0.05) is 83.2 Å². The van der Waals surface area contributed by atoms with Crippen molar-refractivity contribution < 1.29 is 47.9 Å². The van der Waals surface area contributed by atoms with E-state index in [4.69, 9.17) is 25.7 Å². The number of hydrogen-bond donors (Lipinski definition) is 10. The van der Waals surface area contributed by atoms with Crippen LogP contribution in [0.4, 0.5) is 0 Å². The number of nitrogens with zero attached hydrogens (tertiary/aromatic N) is 17. The van der Waals surface area contributed by atoms with E-state index in [0.29, 0.717) is 174 Å². The quantitative estimate of drug-likeness (QED) is 0.0165. The molecule has 4 saturated heterocycles. The fourth-order valence-corrected chi connectivity index (χ4v) is 18.5. The minimum atomic E-state index is -0.896. The van der Waals surface area contributed by atoms with Crippen LogP contribution in [0.25, 0.3) is 112 Å². The Kier molecular flexibility index (Phi) is 27.6. The summed E-state index contributed by atoms with van der Waals surface area (Å²) in [5, 5.41) is 32.0. The summed E-state index contributed by atoms with van der Waals surface area (Å²) in [6, 6.07) is 50.0. The Labute approximate surface area is 788 Å². The number of likely N-dealkylation sites (tertiary alicyclic amines) is 4. The number of H-pyrrole nitrogens is 4. The summed E-state index contributed by atoms with van der Waals surface area (Å²) in [6.45, 7) is 5.11. The third-order valence-electron chi connectivity index (χ3n) is 25.8. The summed E-state index contributed by atoms with van der Waals surface area (Å²) in [5.41, 5.74) is 22.7. The number of hydrogen-bond acceptors (Lipinski definition) is 21. The molecule has 4 aliphatic heterocycles. The lowest BCUT2D eigenvalue weighted by Gasteiger charge is -2.36. The van der Waals surface area contributed by atoms with E-state index in [1.165, 1.54) is 9.80 Å². The van der Waals surface area contributed by atoms with E-state index in [9.17, 15) is 47.9 Å². The van der Waals surface area contributed by atoms with E-state index < -0.39 is 36.0 Å². The molecule has 14 aromatic rings. The summed E-state index contributed by atoms with van der Waals surface area (Å²) >= 11 is 0. The molecule has 704 valence electrons. The molecule has 11 N–H and O–H groups in total. The van der Waals surface area contributed by atoms with Crippen LogP contribution in [0.5, 0.6) is 0 Å². The van der Waals surface area contributed by atoms with Gasteiger partial charge in [-0.15, -0.1) is 10.2 Å². The lowest BCUT2D eigenvalue weighted by molar-refractivity contribution is -0.153. The van der Waals surface area contributed by atoms with Gasteiger partial charge in [0, 0.05) is 116 Å². The van der Waals surface area contributed by atoms with Gasteiger partial charge in [-0.3, -0.25) is 57.3 Å². The molecule has 0 radical (unpaired) electrons. The molecular weight excluding hydrogens is 1740 g/mol. The second kappa shape index (κ2) is 41.1. The number of aromatic nitrogens is 14. The summed E-state index contributed by atoms with van der Waals surface area (Å²) in [6.07, 6.45) is 8.24. The van der Waals surface area contributed by atoms with Crippen LogP contribution in [0.1, 0.15) is 117 Å². The zero-order valence-electron chi connectivity index (χ0n) is 76.8. The van der Waals surface area contributed by atoms with Gasteiger partial charge in [-0.2, -0.15) is 0 Å². The highest BCUT2D eigenvalue weighted by Crippen LogP contribution is 2.36. The molecule has 1 unspecified atom stereocenters. The first-order chi connectivity index (χ1) is 66.5. The average molecular weight is 1850 g/mol. The third-order valence-corrected chi connectivity index (χ3v) is 25.8. The van der Waals surface area contributed by atoms with Crippen LogP contribution in [0.3, 0.4) is 0 Å². The second-order valence-electron chi connectivity index (χ2n) is 35.9. The lowest BCUT2D eigenvalue weighted by Crippen LogP contribution is -2.58. The van der Waals surface area contributed by atoms with Gasteiger partial charge in [0.05, 0.1) is 82.7 Å². The number of benzene rings is 8. The number of carbonyl (C=O) groups excluding carboxylic acids is 10. The number of primary amides is 1. The molecule has 4 aliphatic rings. The Morgan fingerprint density at radius 2 is 0.701 bits per heavy atom. The predicted octanol–water partition coefficient (Wildman–Crippen LogP) is 8.17. The molecule has 18 rings (SSSR count). The number of amides is 10. The summed E-state index contributed by atoms with van der Waals surface area (Å²) < 4.78 is 3.27. The van der Waals surface area contributed by atoms with Crippen LogP contribution in [0, 0.1) is 0 Å². The van der Waals surface area contributed by atoms with E-state index in [-0.39, 0.29) is 86.5 Å². The van der Waals surface area contributed by atoms with E-state index >= 15 is 0 Å². The molecular formula is C100H109N27O10. The van der Waals surface area contributed by atoms with Gasteiger partial charge < -0.3 is 86.6 Å². The number of likely N-dealkylation sites (N-methyl/N-ethyl adjacent to an activating group) is 2. The van der Waals surface area contributed by atoms with Crippen molar-refractivity contribution in [2.24, 2.45) is 5.73 Å². The molecule has 37 nitrogen and oxygen atoms in total. The van der Waals surface area contributed by atoms with Crippen LogP contribution < -0.4 is 32.3 Å². The lowest BCUT2D eigenvalue weighted by atomic mass is 10.0. The van der Waals surface area contributed by atoms with E-state index in [0.717, 1.165) is 102 Å². The standard InChI is InChI=1S/C100H109N27O10/c1-119(2)49-40-103-93(130)65-23-15-61(16-24-65)89-107-75-35-31-69(51-79(75)111-89)71-33-37-77-81(53-71)113-91(109-77)63-19-27-67(28-20-63)95(132)105-55-73-58-122(117-115-73)43-9-39-102-57-88(129)124-45-5-12-84(124)98(135)126-47-7-14-86(126)100(137)127-48-8-13-85(127)99(136)125-46-6-11-83(125)97(134)121(60-87(101)128)42-10-44-123-59-74(116-118-123)56-106-96(133)68-29-21-64(22-30-68)92-110-78-38-34-72(54-82(78)114-92)70-32-36-76-80(52-70)112-90(108-76)62-17-25-66(26-18-62)94(131)104-41-50-120(3)4/h15-38,51-54,58-59,83-86,102H,5-14,39-50,55-57,60H2,1-4H3,(H2,101,128)(H,103,130)(H,104,131)(H,105,132)(H,106,133)(H,107,111)(H,108,112)(H,109,113)(H,110,114)/t83-,84-,85?,86-/m0/s1. The second-order valence-corrected chi connectivity index (χ2v) is 35.9. The molecule has 4 fully saturated rings. The van der Waals surface area contributed by atoms with E-state index in [2.05, 4.69) is 91.4 Å². The number of aromatic amines is 4. The van der Waals surface area contributed by atoms with Crippen LogP contribution in [-0.4, -0.2) is 294 Å². The normalized spacial score (nSPS) is 16.1. The number of nitrogens with one attached hydrogen (secondary N) is 9. The first-order valence-corrected chi connectivity index (χ1v) is 46.6. The van der Waals surface area contributed by atoms with Crippen LogP contribution in [0.15, 0.2) is 182 Å². The van der Waals surface area contributed by atoms with Crippen molar-refractivity contribution in [3.05, 3.63) is 216 Å². The van der Waals surface area contributed by atoms with Crippen molar-refractivity contribution in [2.75, 3.05) is 107 Å². The topological polar surface area (TPSA) is 456 Å². The van der Waals surface area contributed by atoms with Gasteiger partial charge in [0.2, 0.25) is 35.4 Å². The van der Waals surface area contributed by atoms with Crippen molar-refractivity contribution in [2.45, 2.75) is 115 Å². The number of imidazole rings is 4. The Hall–Kier alpha value is -15.5. The Balaban J connectivity index is 0.407. The van der Waals surface area contributed by atoms with Gasteiger partial charge in [-0.25, -0.2) is 19.9 Å². The Morgan fingerprint density at radius 3 is 1.06 bits per heavy atom. The molecule has 137 heavy (non-hydrogen) atoms. The number of rotatable bonds is 36. The third kappa shape index (κ3) is 21.2. The molecule has 0 aliphatic carbocycles. The van der Waals surface area contributed by atoms with Gasteiger partial charge in [0.1, 0.15) is 58.9 Å². The smallest absolute Gasteiger partial charge is 0.251 e. The number of fused-ring (bicyclic) bond motifs is 4. The van der Waals surface area contributed by atoms with E-state index in [1.54, 1.807) is 85.0 Å². The molecule has 0 bridgehead atoms. The molecule has 37 heteroatoms. The zero-order valence-corrected chi connectivity index (χ0v) is 76.8. The van der Waals surface area contributed by atoms with Gasteiger partial charge in [-0.05, 0) is 218 Å². The van der Waals surface area contributed by atoms with Crippen molar-refractivity contribution in [1.29, 1.82) is 0 Å². The number of aryl methyl sites for hydroxylation is 2. The molecule has 10 heterocycles. The minimum Gasteiger partial charge on any atom is -0.368 e. The maximum absolute atomic E-state index is 14.8. The predicted molar refractivity (Wildman–Crippen MR) is 515 cm³/mol. The summed E-state index contributed by atoms with van der Waals surface area (Å²) in [4.78, 5) is 182. The fourth-order valence-electron chi connectivity index (χ4n) is 18.5. The molecule has 6 aromatic heterocycles. The highest BCUT2D eigenvalue weighted by molar-refractivity contribution is 6.01. The average Bonchev–Trinajstić information content (AvgIpc) is 1.63. The first-order valence-electron chi connectivity index (χ1n) is 46.6. The minimum absolute atomic E-state index is 0.00379. The van der Waals surface area contributed by atoms with Crippen molar-refractivity contribution in [3.8, 4) is 67.8 Å². The molecule has 0 saturated carbocycles. The number of nitrogens with two attached hydrogens (primary N) is 1. The number of carbonyl (C=O) groups is 10. The largest absolute Gasteiger partial charge is 0.368 e. The monoisotopic (exact) mass is 1850 g/mol. The fraction of sp³-hybridized carbons (Fsp3) is 0.340. The van der Waals surface area contributed by atoms with Crippen molar-refractivity contribution >= 4 is 103 Å². The summed E-state index contributed by atoms with van der Waals surface area (Å²) in [5.74, 6) is -0.513. The highest BCUT2D eigenvalue weighted by atomic mass is 16.2. The van der Waals surface area contributed by atoms with Gasteiger partial charge in [0.15, 0.2) is 0 Å². The maximum atomic E-state index is 14.8. The Bertz CT molecular complexity index is 6830. The van der Waals surface area contributed by atoms with Crippen LogP contribution >= 0.6 is 0 Å². The van der Waals surface area contributed by atoms with Gasteiger partial charge >= 0.3 is 0 Å². The first kappa shape index (κ1) is 92.0. The van der Waals surface area contributed by atoms with Crippen molar-refractivity contribution in [3.63, 3.8) is 0 Å². The van der Waals surface area contributed by atoms with Crippen molar-refractivity contribution in [1.82, 2.24) is 131 Å². The molecule has 10 amide bonds.